The van der Waals surface area contributed by atoms with E-state index >= 15 is 0 Å². The molecule has 0 aliphatic rings. The number of aryl methyl sites for hydroxylation is 1. The minimum absolute atomic E-state index is 0.347. The summed E-state index contributed by atoms with van der Waals surface area (Å²) in [5.41, 5.74) is 3.97. The van der Waals surface area contributed by atoms with Crippen LogP contribution in [0, 0.1) is 6.92 Å². The van der Waals surface area contributed by atoms with Crippen LogP contribution in [0.4, 0.5) is 0 Å². The molecule has 0 N–H and O–H groups in total. The third-order valence-electron chi connectivity index (χ3n) is 5.02. The van der Waals surface area contributed by atoms with Gasteiger partial charge < -0.3 is 9.47 Å². The molecule has 3 rings (SSSR count). The van der Waals surface area contributed by atoms with Crippen molar-refractivity contribution in [2.75, 3.05) is 0 Å². The quantitative estimate of drug-likeness (QED) is 0.342. The van der Waals surface area contributed by atoms with Gasteiger partial charge in [-0.05, 0) is 54.8 Å². The highest BCUT2D eigenvalue weighted by atomic mass is 16.5. The van der Waals surface area contributed by atoms with E-state index in [0.29, 0.717) is 11.5 Å². The summed E-state index contributed by atoms with van der Waals surface area (Å²) in [6.07, 6.45) is 0. The SMILES string of the molecule is CC(=O)Oc1ccc(C(C)(c2ccc(C)cc2)c2ccc(OC(C)=O)cc2)cc1. The zero-order chi connectivity index (χ0) is 21.0. The van der Waals surface area contributed by atoms with E-state index in [1.54, 1.807) is 24.3 Å². The Balaban J connectivity index is 2.08. The van der Waals surface area contributed by atoms with Crippen LogP contribution < -0.4 is 9.47 Å². The van der Waals surface area contributed by atoms with Crippen molar-refractivity contribution in [1.82, 2.24) is 0 Å². The number of ether oxygens (including phenoxy) is 2. The standard InChI is InChI=1S/C25H24O4/c1-17-5-7-20(8-6-17)25(4,21-9-13-23(14-10-21)28-18(2)26)22-11-15-24(16-12-22)29-19(3)27/h5-16H,1-4H3. The fourth-order valence-electron chi connectivity index (χ4n) is 3.43. The lowest BCUT2D eigenvalue weighted by Crippen LogP contribution is -2.25. The molecule has 0 aromatic heterocycles. The van der Waals surface area contributed by atoms with Crippen molar-refractivity contribution in [2.24, 2.45) is 0 Å². The highest BCUT2D eigenvalue weighted by Gasteiger charge is 2.31. The normalized spacial score (nSPS) is 11.0. The Bertz CT molecular complexity index is 941. The first-order valence-corrected chi connectivity index (χ1v) is 9.44. The molecule has 0 aliphatic carbocycles. The first-order valence-electron chi connectivity index (χ1n) is 9.44. The van der Waals surface area contributed by atoms with Crippen molar-refractivity contribution in [1.29, 1.82) is 0 Å². The Morgan fingerprint density at radius 3 is 1.24 bits per heavy atom. The van der Waals surface area contributed by atoms with Crippen LogP contribution in [-0.2, 0) is 15.0 Å². The molecule has 29 heavy (non-hydrogen) atoms. The van der Waals surface area contributed by atoms with Crippen molar-refractivity contribution < 1.29 is 19.1 Å². The molecule has 0 heterocycles. The fourth-order valence-corrected chi connectivity index (χ4v) is 3.43. The third-order valence-corrected chi connectivity index (χ3v) is 5.02. The van der Waals surface area contributed by atoms with Crippen LogP contribution in [0.2, 0.25) is 0 Å². The third kappa shape index (κ3) is 4.54. The molecule has 0 atom stereocenters. The summed E-state index contributed by atoms with van der Waals surface area (Å²) < 4.78 is 10.3. The van der Waals surface area contributed by atoms with Crippen LogP contribution in [-0.4, -0.2) is 11.9 Å². The van der Waals surface area contributed by atoms with Crippen molar-refractivity contribution in [3.8, 4) is 11.5 Å². The molecule has 0 aliphatic heterocycles. The number of rotatable bonds is 5. The molecule has 0 bridgehead atoms. The molecule has 0 saturated heterocycles. The van der Waals surface area contributed by atoms with Gasteiger partial charge in [0.2, 0.25) is 0 Å². The van der Waals surface area contributed by atoms with Gasteiger partial charge in [-0.1, -0.05) is 54.1 Å². The molecule has 4 nitrogen and oxygen atoms in total. The number of esters is 2. The topological polar surface area (TPSA) is 52.6 Å². The molecule has 148 valence electrons. The van der Waals surface area contributed by atoms with Gasteiger partial charge in [0.15, 0.2) is 0 Å². The molecule has 0 amide bonds. The Morgan fingerprint density at radius 2 is 0.931 bits per heavy atom. The monoisotopic (exact) mass is 388 g/mol. The van der Waals surface area contributed by atoms with Gasteiger partial charge in [0.05, 0.1) is 0 Å². The smallest absolute Gasteiger partial charge is 0.308 e. The molecular weight excluding hydrogens is 364 g/mol. The van der Waals surface area contributed by atoms with E-state index in [1.807, 2.05) is 24.3 Å². The first-order chi connectivity index (χ1) is 13.8. The average Bonchev–Trinajstić information content (AvgIpc) is 2.68. The summed E-state index contributed by atoms with van der Waals surface area (Å²) in [6, 6.07) is 23.5. The molecule has 3 aromatic carbocycles. The second kappa shape index (κ2) is 8.31. The highest BCUT2D eigenvalue weighted by Crippen LogP contribution is 2.40. The molecule has 0 spiro atoms. The minimum Gasteiger partial charge on any atom is -0.427 e. The molecule has 0 saturated carbocycles. The highest BCUT2D eigenvalue weighted by molar-refractivity contribution is 5.70. The predicted octanol–water partition coefficient (Wildman–Crippen LogP) is 5.20. The number of benzene rings is 3. The van der Waals surface area contributed by atoms with Crippen LogP contribution >= 0.6 is 0 Å². The average molecular weight is 388 g/mol. The second-order valence-corrected chi connectivity index (χ2v) is 7.23. The first kappa shape index (κ1) is 20.3. The maximum atomic E-state index is 11.2. The van der Waals surface area contributed by atoms with Gasteiger partial charge in [-0.15, -0.1) is 0 Å². The summed E-state index contributed by atoms with van der Waals surface area (Å²) in [5, 5.41) is 0. The lowest BCUT2D eigenvalue weighted by molar-refractivity contribution is -0.132. The number of carbonyl (C=O) groups excluding carboxylic acids is 2. The van der Waals surface area contributed by atoms with E-state index in [-0.39, 0.29) is 11.9 Å². The lowest BCUT2D eigenvalue weighted by Gasteiger charge is -2.32. The van der Waals surface area contributed by atoms with Crippen molar-refractivity contribution in [3.05, 3.63) is 95.1 Å². The number of hydrogen-bond acceptors (Lipinski definition) is 4. The van der Waals surface area contributed by atoms with Gasteiger partial charge in [-0.3, -0.25) is 9.59 Å². The molecule has 4 heteroatoms. The van der Waals surface area contributed by atoms with Crippen molar-refractivity contribution in [2.45, 2.75) is 33.1 Å². The summed E-state index contributed by atoms with van der Waals surface area (Å²) in [6.45, 7) is 6.98. The summed E-state index contributed by atoms with van der Waals surface area (Å²) in [7, 11) is 0. The van der Waals surface area contributed by atoms with Gasteiger partial charge in [0.25, 0.3) is 0 Å². The maximum Gasteiger partial charge on any atom is 0.308 e. The molecule has 0 radical (unpaired) electrons. The minimum atomic E-state index is -0.447. The Hall–Kier alpha value is -3.40. The Morgan fingerprint density at radius 1 is 0.621 bits per heavy atom. The predicted molar refractivity (Wildman–Crippen MR) is 112 cm³/mol. The van der Waals surface area contributed by atoms with Crippen LogP contribution in [0.1, 0.15) is 43.0 Å². The van der Waals surface area contributed by atoms with Crippen LogP contribution in [0.5, 0.6) is 11.5 Å². The van der Waals surface area contributed by atoms with Crippen molar-refractivity contribution >= 4 is 11.9 Å². The Labute approximate surface area is 171 Å². The van der Waals surface area contributed by atoms with E-state index in [1.165, 1.54) is 19.4 Å². The van der Waals surface area contributed by atoms with Crippen LogP contribution in [0.25, 0.3) is 0 Å². The van der Waals surface area contributed by atoms with Gasteiger partial charge in [-0.25, -0.2) is 0 Å². The summed E-state index contributed by atoms with van der Waals surface area (Å²) in [5.74, 6) is 0.329. The lowest BCUT2D eigenvalue weighted by atomic mass is 9.71. The molecule has 3 aromatic rings. The van der Waals surface area contributed by atoms with E-state index in [2.05, 4.69) is 38.1 Å². The Kier molecular flexibility index (Phi) is 5.83. The zero-order valence-corrected chi connectivity index (χ0v) is 17.1. The van der Waals surface area contributed by atoms with Crippen LogP contribution in [0.15, 0.2) is 72.8 Å². The summed E-state index contributed by atoms with van der Waals surface area (Å²) in [4.78, 5) is 22.4. The molecular formula is C25H24O4. The van der Waals surface area contributed by atoms with E-state index in [9.17, 15) is 9.59 Å². The van der Waals surface area contributed by atoms with Gasteiger partial charge in [0.1, 0.15) is 11.5 Å². The van der Waals surface area contributed by atoms with Gasteiger partial charge in [0, 0.05) is 19.3 Å². The molecule has 0 unspecified atom stereocenters. The van der Waals surface area contributed by atoms with E-state index in [0.717, 1.165) is 16.7 Å². The molecule has 0 fully saturated rings. The van der Waals surface area contributed by atoms with E-state index < -0.39 is 5.41 Å². The summed E-state index contributed by atoms with van der Waals surface area (Å²) >= 11 is 0. The number of carbonyl (C=O) groups is 2. The maximum absolute atomic E-state index is 11.2. The largest absolute Gasteiger partial charge is 0.427 e. The zero-order valence-electron chi connectivity index (χ0n) is 17.1. The van der Waals surface area contributed by atoms with Crippen molar-refractivity contribution in [3.63, 3.8) is 0 Å². The second-order valence-electron chi connectivity index (χ2n) is 7.23. The van der Waals surface area contributed by atoms with E-state index in [4.69, 9.17) is 9.47 Å². The van der Waals surface area contributed by atoms with Crippen LogP contribution in [0.3, 0.4) is 0 Å². The van der Waals surface area contributed by atoms with Gasteiger partial charge in [-0.2, -0.15) is 0 Å². The fraction of sp³-hybridized carbons (Fsp3) is 0.200. The number of hydrogen-bond donors (Lipinski definition) is 0. The van der Waals surface area contributed by atoms with Gasteiger partial charge >= 0.3 is 11.9 Å².